The SMILES string of the molecule is Cc1ccccc1/C=C/C(=O)Nc1cnn(CC(=O)O)c1. The molecule has 0 spiro atoms. The van der Waals surface area contributed by atoms with Crippen LogP contribution >= 0.6 is 0 Å². The van der Waals surface area contributed by atoms with Crippen molar-refractivity contribution in [2.75, 3.05) is 5.32 Å². The van der Waals surface area contributed by atoms with Crippen molar-refractivity contribution in [3.8, 4) is 0 Å². The Morgan fingerprint density at radius 2 is 2.14 bits per heavy atom. The predicted octanol–water partition coefficient (Wildman–Crippen LogP) is 1.93. The first-order valence-electron chi connectivity index (χ1n) is 6.33. The lowest BCUT2D eigenvalue weighted by Crippen LogP contribution is -2.09. The molecule has 108 valence electrons. The highest BCUT2D eigenvalue weighted by atomic mass is 16.4. The highest BCUT2D eigenvalue weighted by molar-refractivity contribution is 6.01. The first kappa shape index (κ1) is 14.5. The van der Waals surface area contributed by atoms with Gasteiger partial charge in [-0.15, -0.1) is 0 Å². The van der Waals surface area contributed by atoms with Crippen LogP contribution < -0.4 is 5.32 Å². The second-order valence-electron chi connectivity index (χ2n) is 4.50. The summed E-state index contributed by atoms with van der Waals surface area (Å²) in [5, 5.41) is 15.1. The maximum Gasteiger partial charge on any atom is 0.325 e. The molecule has 1 heterocycles. The van der Waals surface area contributed by atoms with Gasteiger partial charge in [0.2, 0.25) is 5.91 Å². The topological polar surface area (TPSA) is 84.2 Å². The van der Waals surface area contributed by atoms with Crippen LogP contribution in [-0.4, -0.2) is 26.8 Å². The number of aliphatic carboxylic acids is 1. The van der Waals surface area contributed by atoms with E-state index in [1.807, 2.05) is 31.2 Å². The Morgan fingerprint density at radius 3 is 2.86 bits per heavy atom. The van der Waals surface area contributed by atoms with Gasteiger partial charge in [-0.1, -0.05) is 24.3 Å². The molecule has 2 rings (SSSR count). The van der Waals surface area contributed by atoms with E-state index < -0.39 is 5.97 Å². The first-order chi connectivity index (χ1) is 10.0. The quantitative estimate of drug-likeness (QED) is 0.822. The number of rotatable bonds is 5. The van der Waals surface area contributed by atoms with Crippen LogP contribution in [0.1, 0.15) is 11.1 Å². The van der Waals surface area contributed by atoms with Gasteiger partial charge in [0, 0.05) is 12.3 Å². The van der Waals surface area contributed by atoms with Crippen LogP contribution in [0.4, 0.5) is 5.69 Å². The van der Waals surface area contributed by atoms with Crippen LogP contribution in [0.2, 0.25) is 0 Å². The van der Waals surface area contributed by atoms with Gasteiger partial charge in [0.1, 0.15) is 6.54 Å². The number of anilines is 1. The fourth-order valence-corrected chi connectivity index (χ4v) is 1.78. The van der Waals surface area contributed by atoms with Crippen LogP contribution in [0, 0.1) is 6.92 Å². The van der Waals surface area contributed by atoms with Gasteiger partial charge in [-0.2, -0.15) is 5.10 Å². The van der Waals surface area contributed by atoms with Gasteiger partial charge in [-0.05, 0) is 24.1 Å². The maximum atomic E-state index is 11.8. The minimum Gasteiger partial charge on any atom is -0.480 e. The molecule has 6 heteroatoms. The molecule has 21 heavy (non-hydrogen) atoms. The third-order valence-electron chi connectivity index (χ3n) is 2.80. The number of carbonyl (C=O) groups is 2. The first-order valence-corrected chi connectivity index (χ1v) is 6.33. The number of nitrogens with one attached hydrogen (secondary N) is 1. The fourth-order valence-electron chi connectivity index (χ4n) is 1.78. The van der Waals surface area contributed by atoms with Crippen molar-refractivity contribution in [1.29, 1.82) is 0 Å². The van der Waals surface area contributed by atoms with Crippen molar-refractivity contribution in [2.24, 2.45) is 0 Å². The third-order valence-corrected chi connectivity index (χ3v) is 2.80. The highest BCUT2D eigenvalue weighted by Gasteiger charge is 2.04. The van der Waals surface area contributed by atoms with E-state index in [4.69, 9.17) is 5.11 Å². The average molecular weight is 285 g/mol. The Hall–Kier alpha value is -2.89. The molecule has 1 aromatic carbocycles. The molecule has 0 saturated carbocycles. The van der Waals surface area contributed by atoms with Gasteiger partial charge in [-0.3, -0.25) is 14.3 Å². The molecule has 0 unspecified atom stereocenters. The lowest BCUT2D eigenvalue weighted by Gasteiger charge is -1.99. The van der Waals surface area contributed by atoms with Crippen molar-refractivity contribution >= 4 is 23.6 Å². The number of hydrogen-bond donors (Lipinski definition) is 2. The lowest BCUT2D eigenvalue weighted by atomic mass is 10.1. The van der Waals surface area contributed by atoms with Gasteiger partial charge in [0.15, 0.2) is 0 Å². The summed E-state index contributed by atoms with van der Waals surface area (Å²) in [6.07, 6.45) is 6.03. The van der Waals surface area contributed by atoms with Crippen LogP contribution in [-0.2, 0) is 16.1 Å². The normalized spacial score (nSPS) is 10.7. The van der Waals surface area contributed by atoms with Crippen molar-refractivity contribution in [2.45, 2.75) is 13.5 Å². The van der Waals surface area contributed by atoms with E-state index in [1.165, 1.54) is 23.2 Å². The van der Waals surface area contributed by atoms with Gasteiger partial charge in [0.25, 0.3) is 0 Å². The fraction of sp³-hybridized carbons (Fsp3) is 0.133. The Morgan fingerprint density at radius 1 is 1.38 bits per heavy atom. The zero-order chi connectivity index (χ0) is 15.2. The molecule has 0 aliphatic heterocycles. The molecule has 0 saturated heterocycles. The van der Waals surface area contributed by atoms with Crippen molar-refractivity contribution in [1.82, 2.24) is 9.78 Å². The molecule has 1 aromatic heterocycles. The van der Waals surface area contributed by atoms with E-state index >= 15 is 0 Å². The van der Waals surface area contributed by atoms with Gasteiger partial charge >= 0.3 is 5.97 Å². The van der Waals surface area contributed by atoms with E-state index in [-0.39, 0.29) is 12.5 Å². The van der Waals surface area contributed by atoms with Gasteiger partial charge in [-0.25, -0.2) is 0 Å². The number of aryl methyl sites for hydroxylation is 1. The van der Waals surface area contributed by atoms with Crippen molar-refractivity contribution in [3.63, 3.8) is 0 Å². The summed E-state index contributed by atoms with van der Waals surface area (Å²) in [7, 11) is 0. The average Bonchev–Trinajstić information content (AvgIpc) is 2.84. The molecule has 0 aliphatic carbocycles. The largest absolute Gasteiger partial charge is 0.480 e. The van der Waals surface area contributed by atoms with E-state index in [9.17, 15) is 9.59 Å². The summed E-state index contributed by atoms with van der Waals surface area (Å²) in [4.78, 5) is 22.3. The summed E-state index contributed by atoms with van der Waals surface area (Å²) in [5.74, 6) is -1.29. The van der Waals surface area contributed by atoms with Gasteiger partial charge in [0.05, 0.1) is 11.9 Å². The molecule has 2 aromatic rings. The number of hydrogen-bond acceptors (Lipinski definition) is 3. The Balaban J connectivity index is 1.97. The van der Waals surface area contributed by atoms with Gasteiger partial charge < -0.3 is 10.4 Å². The molecular formula is C15H15N3O3. The summed E-state index contributed by atoms with van der Waals surface area (Å²) in [5.41, 5.74) is 2.50. The smallest absolute Gasteiger partial charge is 0.325 e. The number of carboxylic acid groups (broad SMARTS) is 1. The molecular weight excluding hydrogens is 270 g/mol. The molecule has 1 amide bonds. The summed E-state index contributed by atoms with van der Waals surface area (Å²) < 4.78 is 1.24. The molecule has 0 bridgehead atoms. The van der Waals surface area contributed by atoms with E-state index in [0.717, 1.165) is 11.1 Å². The Labute approximate surface area is 121 Å². The minimum absolute atomic E-state index is 0.241. The molecule has 0 atom stereocenters. The maximum absolute atomic E-state index is 11.8. The second kappa shape index (κ2) is 6.51. The highest BCUT2D eigenvalue weighted by Crippen LogP contribution is 2.09. The molecule has 6 nitrogen and oxygen atoms in total. The summed E-state index contributed by atoms with van der Waals surface area (Å²) in [6, 6.07) is 7.72. The molecule has 0 aliphatic rings. The van der Waals surface area contributed by atoms with E-state index in [1.54, 1.807) is 6.08 Å². The minimum atomic E-state index is -0.990. The second-order valence-corrected chi connectivity index (χ2v) is 4.50. The van der Waals surface area contributed by atoms with Crippen LogP contribution in [0.5, 0.6) is 0 Å². The summed E-state index contributed by atoms with van der Waals surface area (Å²) >= 11 is 0. The predicted molar refractivity (Wildman–Crippen MR) is 78.7 cm³/mol. The van der Waals surface area contributed by atoms with Crippen LogP contribution in [0.15, 0.2) is 42.7 Å². The Bertz CT molecular complexity index is 689. The number of carbonyl (C=O) groups excluding carboxylic acids is 1. The zero-order valence-corrected chi connectivity index (χ0v) is 11.5. The number of amides is 1. The Kier molecular flexibility index (Phi) is 4.50. The number of carboxylic acids is 1. The summed E-state index contributed by atoms with van der Waals surface area (Å²) in [6.45, 7) is 1.72. The molecule has 0 fully saturated rings. The zero-order valence-electron chi connectivity index (χ0n) is 11.5. The van der Waals surface area contributed by atoms with E-state index in [2.05, 4.69) is 10.4 Å². The third kappa shape index (κ3) is 4.31. The van der Waals surface area contributed by atoms with Crippen molar-refractivity contribution in [3.05, 3.63) is 53.9 Å². The lowest BCUT2D eigenvalue weighted by molar-refractivity contribution is -0.137. The molecule has 2 N–H and O–H groups in total. The van der Waals surface area contributed by atoms with Crippen LogP contribution in [0.25, 0.3) is 6.08 Å². The van der Waals surface area contributed by atoms with E-state index in [0.29, 0.717) is 5.69 Å². The van der Waals surface area contributed by atoms with Crippen LogP contribution in [0.3, 0.4) is 0 Å². The number of nitrogens with zero attached hydrogens (tertiary/aromatic N) is 2. The number of benzene rings is 1. The number of aromatic nitrogens is 2. The standard InChI is InChI=1S/C15H15N3O3/c1-11-4-2-3-5-12(11)6-7-14(19)17-13-8-16-18(9-13)10-15(20)21/h2-9H,10H2,1H3,(H,17,19)(H,20,21)/b7-6+. The monoisotopic (exact) mass is 285 g/mol. The molecule has 0 radical (unpaired) electrons. The van der Waals surface area contributed by atoms with Crippen molar-refractivity contribution < 1.29 is 14.7 Å².